The first kappa shape index (κ1) is 5.48. The first-order chi connectivity index (χ1) is 2.81. The first-order valence-electron chi connectivity index (χ1n) is 1.57. The molecule has 1 atom stereocenters. The van der Waals surface area contributed by atoms with Crippen LogP contribution in [-0.2, 0) is 4.84 Å². The van der Waals surface area contributed by atoms with Crippen molar-refractivity contribution in [2.75, 3.05) is 0 Å². The second kappa shape index (κ2) is 2.70. The van der Waals surface area contributed by atoms with E-state index in [-0.39, 0.29) is 0 Å². The Morgan fingerprint density at radius 3 is 2.50 bits per heavy atom. The number of rotatable bonds is 1. The fourth-order valence-corrected chi connectivity index (χ4v) is 0.0304. The largest absolute Gasteiger partial charge is 0.247 e. The summed E-state index contributed by atoms with van der Waals surface area (Å²) < 4.78 is 0. The Balaban J connectivity index is 3.04. The minimum atomic E-state index is -0.481. The average Bonchev–Trinajstić information content (AvgIpc) is 1.65. The molecule has 2 heteroatoms. The van der Waals surface area contributed by atoms with E-state index in [4.69, 9.17) is 12.3 Å². The van der Waals surface area contributed by atoms with Crippen LogP contribution >= 0.6 is 0 Å². The van der Waals surface area contributed by atoms with Crippen LogP contribution in [0.25, 0.3) is 0 Å². The van der Waals surface area contributed by atoms with Gasteiger partial charge in [0.05, 0.1) is 0 Å². The van der Waals surface area contributed by atoms with E-state index >= 15 is 0 Å². The van der Waals surface area contributed by atoms with Gasteiger partial charge in [0.25, 0.3) is 0 Å². The summed E-state index contributed by atoms with van der Waals surface area (Å²) in [6, 6.07) is 0. The van der Waals surface area contributed by atoms with Crippen LogP contribution in [0.3, 0.4) is 0 Å². The monoisotopic (exact) mass is 83.0 g/mol. The summed E-state index contributed by atoms with van der Waals surface area (Å²) >= 11 is 0. The fourth-order valence-electron chi connectivity index (χ4n) is 0.0304. The summed E-state index contributed by atoms with van der Waals surface area (Å²) in [5, 5.41) is 0. The highest BCUT2D eigenvalue weighted by molar-refractivity contribution is 4.90. The Labute approximate surface area is 37.2 Å². The molecular formula is C4H5NO. The van der Waals surface area contributed by atoms with Crippen molar-refractivity contribution in [3.05, 3.63) is 0 Å². The highest BCUT2D eigenvalue weighted by Crippen LogP contribution is 1.77. The van der Waals surface area contributed by atoms with Crippen LogP contribution in [0.5, 0.6) is 0 Å². The number of nitrogens with zero attached hydrogens (tertiary/aromatic N) is 1. The zero-order chi connectivity index (χ0) is 4.99. The molecule has 0 aliphatic carbocycles. The van der Waals surface area contributed by atoms with Gasteiger partial charge < -0.3 is 0 Å². The molecule has 2 nitrogen and oxygen atoms in total. The molecule has 0 saturated carbocycles. The first-order valence-corrected chi connectivity index (χ1v) is 1.57. The standard InChI is InChI=1S/C4H5NO/c1-3-4(2)6-5/h1,4H,2H3. The van der Waals surface area contributed by atoms with E-state index in [1.54, 1.807) is 6.92 Å². The normalized spacial score (nSPS) is 12.8. The van der Waals surface area contributed by atoms with Gasteiger partial charge in [-0.3, -0.25) is 0 Å². The van der Waals surface area contributed by atoms with Crippen molar-refractivity contribution in [1.82, 2.24) is 5.90 Å². The van der Waals surface area contributed by atoms with E-state index in [2.05, 4.69) is 10.8 Å². The van der Waals surface area contributed by atoms with Crippen LogP contribution in [0, 0.1) is 12.3 Å². The maximum absolute atomic E-state index is 7.69. The predicted octanol–water partition coefficient (Wildman–Crippen LogP) is 0.00840. The molecule has 0 aromatic heterocycles. The number of hydrogen-bond donors (Lipinski definition) is 0. The molecule has 2 radical (unpaired) electrons. The Morgan fingerprint density at radius 1 is 2.00 bits per heavy atom. The van der Waals surface area contributed by atoms with Gasteiger partial charge in [-0.05, 0) is 6.92 Å². The van der Waals surface area contributed by atoms with Crippen LogP contribution in [0.15, 0.2) is 0 Å². The summed E-state index contributed by atoms with van der Waals surface area (Å²) in [6.07, 6.45) is 4.27. The molecule has 0 aromatic rings. The lowest BCUT2D eigenvalue weighted by Crippen LogP contribution is -2.00. The topological polar surface area (TPSA) is 31.5 Å². The molecule has 1 unspecified atom stereocenters. The van der Waals surface area contributed by atoms with Crippen molar-refractivity contribution in [3.63, 3.8) is 0 Å². The third-order valence-electron chi connectivity index (χ3n) is 0.393. The van der Waals surface area contributed by atoms with Gasteiger partial charge >= 0.3 is 0 Å². The molecule has 0 aliphatic heterocycles. The lowest BCUT2D eigenvalue weighted by molar-refractivity contribution is 0.0872. The maximum Gasteiger partial charge on any atom is 0.140 e. The van der Waals surface area contributed by atoms with E-state index in [0.717, 1.165) is 0 Å². The van der Waals surface area contributed by atoms with Crippen LogP contribution in [0.2, 0.25) is 0 Å². The number of terminal acetylenes is 1. The summed E-state index contributed by atoms with van der Waals surface area (Å²) in [4.78, 5) is 3.66. The molecule has 0 amide bonds. The summed E-state index contributed by atoms with van der Waals surface area (Å²) in [5.74, 6) is 9.83. The lowest BCUT2D eigenvalue weighted by atomic mass is 10.4. The maximum atomic E-state index is 7.69. The molecule has 0 aromatic carbocycles. The Morgan fingerprint density at radius 2 is 2.50 bits per heavy atom. The lowest BCUT2D eigenvalue weighted by Gasteiger charge is -1.89. The molecule has 32 valence electrons. The highest BCUT2D eigenvalue weighted by atomic mass is 16.6. The molecule has 0 heterocycles. The van der Waals surface area contributed by atoms with Gasteiger partial charge in [0.15, 0.2) is 0 Å². The van der Waals surface area contributed by atoms with Crippen molar-refractivity contribution in [2.24, 2.45) is 0 Å². The van der Waals surface area contributed by atoms with Crippen molar-refractivity contribution in [2.45, 2.75) is 13.0 Å². The molecule has 0 spiro atoms. The summed E-state index contributed by atoms with van der Waals surface area (Å²) in [6.45, 7) is 1.57. The molecule has 0 rings (SSSR count). The van der Waals surface area contributed by atoms with Gasteiger partial charge in [0.2, 0.25) is 0 Å². The molecule has 0 aliphatic rings. The van der Waals surface area contributed by atoms with Gasteiger partial charge in [0.1, 0.15) is 6.10 Å². The molecule has 0 fully saturated rings. The Kier molecular flexibility index (Phi) is 2.47. The van der Waals surface area contributed by atoms with Gasteiger partial charge in [-0.15, -0.1) is 6.42 Å². The van der Waals surface area contributed by atoms with Crippen LogP contribution in [-0.4, -0.2) is 6.10 Å². The van der Waals surface area contributed by atoms with E-state index in [1.165, 1.54) is 0 Å². The van der Waals surface area contributed by atoms with E-state index in [1.807, 2.05) is 0 Å². The number of hydrogen-bond acceptors (Lipinski definition) is 1. The second-order valence-electron chi connectivity index (χ2n) is 0.914. The van der Waals surface area contributed by atoms with E-state index < -0.39 is 6.10 Å². The minimum Gasteiger partial charge on any atom is -0.247 e. The molecule has 0 N–H and O–H groups in total. The Bertz CT molecular complexity index is 64.4. The van der Waals surface area contributed by atoms with Crippen molar-refractivity contribution in [3.8, 4) is 12.3 Å². The van der Waals surface area contributed by atoms with Crippen LogP contribution in [0.1, 0.15) is 6.92 Å². The van der Waals surface area contributed by atoms with Crippen molar-refractivity contribution >= 4 is 0 Å². The smallest absolute Gasteiger partial charge is 0.140 e. The average molecular weight is 83.1 g/mol. The third-order valence-corrected chi connectivity index (χ3v) is 0.393. The van der Waals surface area contributed by atoms with Crippen LogP contribution < -0.4 is 5.90 Å². The van der Waals surface area contributed by atoms with Crippen molar-refractivity contribution < 1.29 is 4.84 Å². The summed E-state index contributed by atoms with van der Waals surface area (Å²) in [5.41, 5.74) is 0. The fraction of sp³-hybridized carbons (Fsp3) is 0.500. The SMILES string of the molecule is C#CC(C)O[N]. The van der Waals surface area contributed by atoms with Gasteiger partial charge in [-0.2, -0.15) is 0 Å². The molecular weight excluding hydrogens is 78.0 g/mol. The minimum absolute atomic E-state index is 0.481. The quantitative estimate of drug-likeness (QED) is 0.324. The molecule has 0 saturated heterocycles. The third kappa shape index (κ3) is 1.77. The summed E-state index contributed by atoms with van der Waals surface area (Å²) in [7, 11) is 0. The predicted molar refractivity (Wildman–Crippen MR) is 21.5 cm³/mol. The Hall–Kier alpha value is -0.520. The van der Waals surface area contributed by atoms with Crippen LogP contribution in [0.4, 0.5) is 0 Å². The van der Waals surface area contributed by atoms with Gasteiger partial charge in [-0.25, -0.2) is 4.84 Å². The van der Waals surface area contributed by atoms with E-state index in [9.17, 15) is 0 Å². The van der Waals surface area contributed by atoms with E-state index in [0.29, 0.717) is 0 Å². The van der Waals surface area contributed by atoms with Gasteiger partial charge in [-0.1, -0.05) is 5.92 Å². The second-order valence-corrected chi connectivity index (χ2v) is 0.914. The van der Waals surface area contributed by atoms with Gasteiger partial charge in [0, 0.05) is 5.90 Å². The highest BCUT2D eigenvalue weighted by Gasteiger charge is 1.87. The zero-order valence-corrected chi connectivity index (χ0v) is 3.51. The van der Waals surface area contributed by atoms with Crippen molar-refractivity contribution in [1.29, 1.82) is 0 Å². The molecule has 0 bridgehead atoms. The molecule has 6 heavy (non-hydrogen) atoms. The zero-order valence-electron chi connectivity index (χ0n) is 3.51.